The molecule has 0 aliphatic heterocycles. The van der Waals surface area contributed by atoms with Crippen molar-refractivity contribution in [2.45, 2.75) is 13.3 Å². The van der Waals surface area contributed by atoms with Crippen LogP contribution in [0, 0.1) is 17.0 Å². The molecule has 0 aliphatic rings. The van der Waals surface area contributed by atoms with Crippen molar-refractivity contribution in [3.05, 3.63) is 33.1 Å². The molecule has 1 aromatic heterocycles. The SMILES string of the molecule is Cc1nc(C(=O)Cl)cc([N+](=O)[O-])c1C(F)F. The van der Waals surface area contributed by atoms with Gasteiger partial charge in [0.25, 0.3) is 17.4 Å². The van der Waals surface area contributed by atoms with Gasteiger partial charge in [0.2, 0.25) is 0 Å². The molecule has 0 spiro atoms. The number of carbonyl (C=O) groups is 1. The normalized spacial score (nSPS) is 10.6. The Hall–Kier alpha value is -1.63. The number of rotatable bonds is 3. The second-order valence-electron chi connectivity index (χ2n) is 2.86. The van der Waals surface area contributed by atoms with E-state index in [2.05, 4.69) is 4.98 Å². The quantitative estimate of drug-likeness (QED) is 0.469. The van der Waals surface area contributed by atoms with Crippen molar-refractivity contribution in [3.8, 4) is 0 Å². The van der Waals surface area contributed by atoms with E-state index in [9.17, 15) is 23.7 Å². The molecular weight excluding hydrogens is 246 g/mol. The summed E-state index contributed by atoms with van der Waals surface area (Å²) < 4.78 is 25.0. The molecule has 0 radical (unpaired) electrons. The standard InChI is InChI=1S/C8H5ClF2N2O3/c1-3-6(8(10)11)5(13(15)16)2-4(12-3)7(9)14/h2,8H,1H3. The summed E-state index contributed by atoms with van der Waals surface area (Å²) in [5.41, 5.74) is -2.36. The van der Waals surface area contributed by atoms with Crippen LogP contribution >= 0.6 is 11.6 Å². The molecule has 1 heterocycles. The van der Waals surface area contributed by atoms with Crippen LogP contribution in [0.25, 0.3) is 0 Å². The largest absolute Gasteiger partial charge is 0.282 e. The Morgan fingerprint density at radius 2 is 2.19 bits per heavy atom. The summed E-state index contributed by atoms with van der Waals surface area (Å²) in [4.78, 5) is 23.8. The minimum Gasteiger partial charge on any atom is -0.274 e. The molecule has 86 valence electrons. The van der Waals surface area contributed by atoms with Crippen molar-refractivity contribution in [1.82, 2.24) is 4.98 Å². The lowest BCUT2D eigenvalue weighted by Gasteiger charge is -2.05. The van der Waals surface area contributed by atoms with Gasteiger partial charge in [0.15, 0.2) is 0 Å². The smallest absolute Gasteiger partial charge is 0.274 e. The minimum atomic E-state index is -3.03. The summed E-state index contributed by atoms with van der Waals surface area (Å²) >= 11 is 5.07. The second kappa shape index (κ2) is 4.48. The van der Waals surface area contributed by atoms with Crippen molar-refractivity contribution in [3.63, 3.8) is 0 Å². The van der Waals surface area contributed by atoms with E-state index < -0.39 is 33.5 Å². The molecule has 0 fully saturated rings. The highest BCUT2D eigenvalue weighted by Gasteiger charge is 2.27. The van der Waals surface area contributed by atoms with Crippen molar-refractivity contribution in [1.29, 1.82) is 0 Å². The van der Waals surface area contributed by atoms with E-state index in [4.69, 9.17) is 11.6 Å². The Labute approximate surface area is 93.2 Å². The fraction of sp³-hybridized carbons (Fsp3) is 0.250. The van der Waals surface area contributed by atoms with Gasteiger partial charge in [0, 0.05) is 6.07 Å². The van der Waals surface area contributed by atoms with Crippen molar-refractivity contribution < 1.29 is 18.5 Å². The highest BCUT2D eigenvalue weighted by atomic mass is 35.5. The van der Waals surface area contributed by atoms with Gasteiger partial charge in [-0.25, -0.2) is 13.8 Å². The van der Waals surface area contributed by atoms with Crippen LogP contribution in [0.5, 0.6) is 0 Å². The van der Waals surface area contributed by atoms with Crippen LogP contribution in [0.4, 0.5) is 14.5 Å². The molecule has 1 rings (SSSR count). The lowest BCUT2D eigenvalue weighted by atomic mass is 10.1. The van der Waals surface area contributed by atoms with Gasteiger partial charge in [-0.2, -0.15) is 0 Å². The van der Waals surface area contributed by atoms with Crippen LogP contribution in [0.1, 0.15) is 28.2 Å². The Morgan fingerprint density at radius 1 is 1.62 bits per heavy atom. The number of halogens is 3. The van der Waals surface area contributed by atoms with E-state index in [1.54, 1.807) is 0 Å². The molecule has 0 amide bonds. The van der Waals surface area contributed by atoms with Gasteiger partial charge in [0.1, 0.15) is 11.3 Å². The molecule has 0 aliphatic carbocycles. The first kappa shape index (κ1) is 12.4. The van der Waals surface area contributed by atoms with E-state index in [0.717, 1.165) is 6.92 Å². The molecule has 0 atom stereocenters. The molecule has 0 saturated heterocycles. The fourth-order valence-electron chi connectivity index (χ4n) is 1.19. The number of aromatic nitrogens is 1. The first-order valence-corrected chi connectivity index (χ1v) is 4.36. The number of pyridine rings is 1. The molecule has 16 heavy (non-hydrogen) atoms. The number of nitro groups is 1. The molecule has 0 aromatic carbocycles. The van der Waals surface area contributed by atoms with Gasteiger partial charge < -0.3 is 0 Å². The van der Waals surface area contributed by atoms with Gasteiger partial charge in [-0.15, -0.1) is 0 Å². The predicted molar refractivity (Wildman–Crippen MR) is 50.8 cm³/mol. The summed E-state index contributed by atoms with van der Waals surface area (Å²) in [5, 5.41) is 9.51. The Balaban J connectivity index is 3.52. The molecule has 0 saturated carbocycles. The van der Waals surface area contributed by atoms with E-state index in [1.165, 1.54) is 0 Å². The van der Waals surface area contributed by atoms with E-state index in [1.807, 2.05) is 0 Å². The summed E-state index contributed by atoms with van der Waals surface area (Å²) in [7, 11) is 0. The fourth-order valence-corrected chi connectivity index (χ4v) is 1.28. The van der Waals surface area contributed by atoms with Gasteiger partial charge in [-0.3, -0.25) is 14.9 Å². The van der Waals surface area contributed by atoms with Crippen LogP contribution in [-0.4, -0.2) is 15.1 Å². The maximum absolute atomic E-state index is 12.5. The first-order chi connectivity index (χ1) is 7.34. The zero-order chi connectivity index (χ0) is 12.5. The van der Waals surface area contributed by atoms with Crippen LogP contribution < -0.4 is 0 Å². The van der Waals surface area contributed by atoms with Gasteiger partial charge in [0.05, 0.1) is 10.6 Å². The van der Waals surface area contributed by atoms with E-state index in [0.29, 0.717) is 6.07 Å². The molecule has 0 N–H and O–H groups in total. The maximum Gasteiger partial charge on any atom is 0.282 e. The van der Waals surface area contributed by atoms with E-state index >= 15 is 0 Å². The van der Waals surface area contributed by atoms with Crippen molar-refractivity contribution in [2.75, 3.05) is 0 Å². The summed E-state index contributed by atoms with van der Waals surface area (Å²) in [5.74, 6) is 0. The van der Waals surface area contributed by atoms with Gasteiger partial charge in [-0.05, 0) is 18.5 Å². The minimum absolute atomic E-state index is 0.284. The molecule has 1 aromatic rings. The van der Waals surface area contributed by atoms with Crippen LogP contribution in [0.15, 0.2) is 6.07 Å². The average molecular weight is 251 g/mol. The number of carbonyl (C=O) groups excluding carboxylic acids is 1. The Kier molecular flexibility index (Phi) is 3.48. The summed E-state index contributed by atoms with van der Waals surface area (Å²) in [6, 6.07) is 0.643. The van der Waals surface area contributed by atoms with E-state index in [-0.39, 0.29) is 5.69 Å². The molecule has 0 unspecified atom stereocenters. The molecule has 8 heteroatoms. The summed E-state index contributed by atoms with van der Waals surface area (Å²) in [6.07, 6.45) is -3.03. The number of alkyl halides is 2. The number of hydrogen-bond donors (Lipinski definition) is 0. The highest BCUT2D eigenvalue weighted by Crippen LogP contribution is 2.31. The number of nitrogens with zero attached hydrogens (tertiary/aromatic N) is 2. The zero-order valence-electron chi connectivity index (χ0n) is 7.91. The third-order valence-corrected chi connectivity index (χ3v) is 2.04. The highest BCUT2D eigenvalue weighted by molar-refractivity contribution is 6.67. The lowest BCUT2D eigenvalue weighted by molar-refractivity contribution is -0.386. The van der Waals surface area contributed by atoms with Crippen LogP contribution in [0.2, 0.25) is 0 Å². The van der Waals surface area contributed by atoms with Crippen molar-refractivity contribution >= 4 is 22.5 Å². The number of hydrogen-bond acceptors (Lipinski definition) is 4. The summed E-state index contributed by atoms with van der Waals surface area (Å²) in [6.45, 7) is 1.15. The molecular formula is C8H5ClF2N2O3. The monoisotopic (exact) mass is 250 g/mol. The molecule has 0 bridgehead atoms. The average Bonchev–Trinajstić information content (AvgIpc) is 2.15. The zero-order valence-corrected chi connectivity index (χ0v) is 8.66. The Bertz CT molecular complexity index is 465. The first-order valence-electron chi connectivity index (χ1n) is 3.98. The topological polar surface area (TPSA) is 73.1 Å². The maximum atomic E-state index is 12.5. The Morgan fingerprint density at radius 3 is 2.56 bits per heavy atom. The van der Waals surface area contributed by atoms with Crippen molar-refractivity contribution in [2.24, 2.45) is 0 Å². The van der Waals surface area contributed by atoms with Gasteiger partial charge in [-0.1, -0.05) is 0 Å². The second-order valence-corrected chi connectivity index (χ2v) is 3.20. The third-order valence-electron chi connectivity index (χ3n) is 1.84. The number of aryl methyl sites for hydroxylation is 1. The third kappa shape index (κ3) is 2.30. The van der Waals surface area contributed by atoms with Crippen LogP contribution in [-0.2, 0) is 0 Å². The van der Waals surface area contributed by atoms with Crippen LogP contribution in [0.3, 0.4) is 0 Å². The lowest BCUT2D eigenvalue weighted by Crippen LogP contribution is -2.05. The molecule has 5 nitrogen and oxygen atoms in total. The predicted octanol–water partition coefficient (Wildman–Crippen LogP) is 2.61. The van der Waals surface area contributed by atoms with Gasteiger partial charge >= 0.3 is 0 Å².